The van der Waals surface area contributed by atoms with Crippen LogP contribution in [0.15, 0.2) is 24.3 Å². The molecule has 2 N–H and O–H groups in total. The van der Waals surface area contributed by atoms with Crippen LogP contribution in [0, 0.1) is 11.8 Å². The lowest BCUT2D eigenvalue weighted by Crippen LogP contribution is -2.08. The quantitative estimate of drug-likeness (QED) is 0.728. The highest BCUT2D eigenvalue weighted by atomic mass is 14.5. The first kappa shape index (κ1) is 10.3. The van der Waals surface area contributed by atoms with E-state index in [0.717, 1.165) is 17.9 Å². The van der Waals surface area contributed by atoms with Gasteiger partial charge in [-0.2, -0.15) is 0 Å². The van der Waals surface area contributed by atoms with Crippen LogP contribution in [-0.4, -0.2) is 6.54 Å². The van der Waals surface area contributed by atoms with Crippen LogP contribution in [0.25, 0.3) is 0 Å². The van der Waals surface area contributed by atoms with Crippen molar-refractivity contribution in [1.82, 2.24) is 0 Å². The second-order valence-electron chi connectivity index (χ2n) is 4.09. The molecule has 15 heavy (non-hydrogen) atoms. The largest absolute Gasteiger partial charge is 0.330 e. The van der Waals surface area contributed by atoms with Crippen LogP contribution >= 0.6 is 0 Å². The van der Waals surface area contributed by atoms with E-state index in [9.17, 15) is 0 Å². The maximum Gasteiger partial charge on any atom is 0.0248 e. The molecular formula is C14H17N. The SMILES string of the molecule is NCCC#Cc1cccc(C2CCC2)c1. The summed E-state index contributed by atoms with van der Waals surface area (Å²) in [6.45, 7) is 0.648. The van der Waals surface area contributed by atoms with E-state index in [-0.39, 0.29) is 0 Å². The van der Waals surface area contributed by atoms with Crippen molar-refractivity contribution >= 4 is 0 Å². The first-order valence-electron chi connectivity index (χ1n) is 5.69. The van der Waals surface area contributed by atoms with Crippen LogP contribution in [0.3, 0.4) is 0 Å². The third kappa shape index (κ3) is 2.61. The van der Waals surface area contributed by atoms with Gasteiger partial charge in [0.1, 0.15) is 0 Å². The summed E-state index contributed by atoms with van der Waals surface area (Å²) in [5.74, 6) is 7.03. The molecule has 1 fully saturated rings. The van der Waals surface area contributed by atoms with Gasteiger partial charge < -0.3 is 5.73 Å². The number of hydrogen-bond donors (Lipinski definition) is 1. The Labute approximate surface area is 91.7 Å². The van der Waals surface area contributed by atoms with Crippen molar-refractivity contribution in [1.29, 1.82) is 0 Å². The fraction of sp³-hybridized carbons (Fsp3) is 0.429. The van der Waals surface area contributed by atoms with Crippen LogP contribution in [0.4, 0.5) is 0 Å². The van der Waals surface area contributed by atoms with E-state index in [0.29, 0.717) is 6.54 Å². The molecular weight excluding hydrogens is 182 g/mol. The minimum absolute atomic E-state index is 0.648. The molecule has 2 rings (SSSR count). The molecule has 0 radical (unpaired) electrons. The number of rotatable bonds is 2. The number of nitrogens with two attached hydrogens (primary N) is 1. The molecule has 1 saturated carbocycles. The highest BCUT2D eigenvalue weighted by Crippen LogP contribution is 2.36. The molecule has 0 amide bonds. The third-order valence-corrected chi connectivity index (χ3v) is 2.97. The maximum atomic E-state index is 5.40. The fourth-order valence-electron chi connectivity index (χ4n) is 1.85. The molecule has 1 aliphatic carbocycles. The highest BCUT2D eigenvalue weighted by Gasteiger charge is 2.18. The van der Waals surface area contributed by atoms with Crippen molar-refractivity contribution < 1.29 is 0 Å². The first-order valence-corrected chi connectivity index (χ1v) is 5.69. The predicted octanol–water partition coefficient (Wildman–Crippen LogP) is 2.65. The Balaban J connectivity index is 2.09. The second-order valence-corrected chi connectivity index (χ2v) is 4.09. The average molecular weight is 199 g/mol. The monoisotopic (exact) mass is 199 g/mol. The summed E-state index contributed by atoms with van der Waals surface area (Å²) in [6, 6.07) is 8.64. The zero-order valence-electron chi connectivity index (χ0n) is 9.00. The van der Waals surface area contributed by atoms with Crippen LogP contribution in [-0.2, 0) is 0 Å². The lowest BCUT2D eigenvalue weighted by molar-refractivity contribution is 0.420. The summed E-state index contributed by atoms with van der Waals surface area (Å²) in [5, 5.41) is 0. The van der Waals surface area contributed by atoms with Gasteiger partial charge in [-0.1, -0.05) is 30.4 Å². The number of benzene rings is 1. The Morgan fingerprint density at radius 3 is 2.87 bits per heavy atom. The van der Waals surface area contributed by atoms with Gasteiger partial charge in [-0.05, 0) is 36.5 Å². The maximum absolute atomic E-state index is 5.40. The van der Waals surface area contributed by atoms with Crippen LogP contribution < -0.4 is 5.73 Å². The van der Waals surface area contributed by atoms with Crippen LogP contribution in [0.5, 0.6) is 0 Å². The zero-order chi connectivity index (χ0) is 10.5. The molecule has 0 unspecified atom stereocenters. The Bertz CT molecular complexity index is 380. The summed E-state index contributed by atoms with van der Waals surface area (Å²) in [7, 11) is 0. The van der Waals surface area contributed by atoms with Gasteiger partial charge in [-0.3, -0.25) is 0 Å². The summed E-state index contributed by atoms with van der Waals surface area (Å²) >= 11 is 0. The van der Waals surface area contributed by atoms with Gasteiger partial charge in [0, 0.05) is 18.5 Å². The van der Waals surface area contributed by atoms with E-state index in [1.54, 1.807) is 0 Å². The van der Waals surface area contributed by atoms with Crippen molar-refractivity contribution in [2.45, 2.75) is 31.6 Å². The van der Waals surface area contributed by atoms with E-state index in [4.69, 9.17) is 5.73 Å². The van der Waals surface area contributed by atoms with E-state index in [2.05, 4.69) is 36.1 Å². The average Bonchev–Trinajstić information content (AvgIpc) is 2.16. The standard InChI is InChI=1S/C14H17N/c15-10-2-1-5-12-6-3-9-14(11-12)13-7-4-8-13/h3,6,9,11,13H,2,4,7-8,10,15H2. The van der Waals surface area contributed by atoms with Crippen molar-refractivity contribution in [3.8, 4) is 11.8 Å². The highest BCUT2D eigenvalue weighted by molar-refractivity contribution is 5.38. The van der Waals surface area contributed by atoms with E-state index < -0.39 is 0 Å². The molecule has 78 valence electrons. The molecule has 1 nitrogen and oxygen atoms in total. The Morgan fingerprint density at radius 1 is 1.33 bits per heavy atom. The summed E-state index contributed by atoms with van der Waals surface area (Å²) < 4.78 is 0. The molecule has 0 aliphatic heterocycles. The third-order valence-electron chi connectivity index (χ3n) is 2.97. The van der Waals surface area contributed by atoms with Crippen molar-refractivity contribution in [2.24, 2.45) is 5.73 Å². The van der Waals surface area contributed by atoms with Gasteiger partial charge >= 0.3 is 0 Å². The molecule has 0 atom stereocenters. The molecule has 1 aliphatic rings. The van der Waals surface area contributed by atoms with Crippen molar-refractivity contribution in [3.05, 3.63) is 35.4 Å². The normalized spacial score (nSPS) is 15.3. The van der Waals surface area contributed by atoms with Crippen molar-refractivity contribution in [3.63, 3.8) is 0 Å². The molecule has 0 aromatic heterocycles. The molecule has 1 aromatic carbocycles. The minimum Gasteiger partial charge on any atom is -0.330 e. The second kappa shape index (κ2) is 5.00. The fourth-order valence-corrected chi connectivity index (χ4v) is 1.85. The lowest BCUT2D eigenvalue weighted by atomic mass is 9.80. The smallest absolute Gasteiger partial charge is 0.0248 e. The van der Waals surface area contributed by atoms with E-state index in [1.165, 1.54) is 24.8 Å². The summed E-state index contributed by atoms with van der Waals surface area (Å²) in [4.78, 5) is 0. The predicted molar refractivity (Wildman–Crippen MR) is 63.6 cm³/mol. The van der Waals surface area contributed by atoms with E-state index >= 15 is 0 Å². The van der Waals surface area contributed by atoms with Crippen LogP contribution in [0.1, 0.15) is 42.7 Å². The van der Waals surface area contributed by atoms with Gasteiger partial charge in [0.2, 0.25) is 0 Å². The first-order chi connectivity index (χ1) is 7.40. The molecule has 0 saturated heterocycles. The topological polar surface area (TPSA) is 26.0 Å². The van der Waals surface area contributed by atoms with Gasteiger partial charge in [0.05, 0.1) is 0 Å². The summed E-state index contributed by atoms with van der Waals surface area (Å²) in [5.41, 5.74) is 7.99. The molecule has 0 spiro atoms. The lowest BCUT2D eigenvalue weighted by Gasteiger charge is -2.25. The number of hydrogen-bond acceptors (Lipinski definition) is 1. The zero-order valence-corrected chi connectivity index (χ0v) is 9.00. The Kier molecular flexibility index (Phi) is 3.42. The van der Waals surface area contributed by atoms with E-state index in [1.807, 2.05) is 0 Å². The van der Waals surface area contributed by atoms with Gasteiger partial charge in [0.25, 0.3) is 0 Å². The van der Waals surface area contributed by atoms with Gasteiger partial charge in [0.15, 0.2) is 0 Å². The van der Waals surface area contributed by atoms with Crippen molar-refractivity contribution in [2.75, 3.05) is 6.54 Å². The molecule has 1 heteroatoms. The minimum atomic E-state index is 0.648. The van der Waals surface area contributed by atoms with Gasteiger partial charge in [-0.15, -0.1) is 0 Å². The molecule has 1 aromatic rings. The summed E-state index contributed by atoms with van der Waals surface area (Å²) in [6.07, 6.45) is 4.86. The Hall–Kier alpha value is -1.26. The molecule has 0 bridgehead atoms. The molecule has 0 heterocycles. The Morgan fingerprint density at radius 2 is 2.20 bits per heavy atom. The van der Waals surface area contributed by atoms with Gasteiger partial charge in [-0.25, -0.2) is 0 Å². The van der Waals surface area contributed by atoms with Crippen LogP contribution in [0.2, 0.25) is 0 Å².